The third-order valence-corrected chi connectivity index (χ3v) is 9.93. The minimum atomic E-state index is 1.13. The Hall–Kier alpha value is -5.64. The van der Waals surface area contributed by atoms with Crippen molar-refractivity contribution in [2.45, 2.75) is 0 Å². The summed E-state index contributed by atoms with van der Waals surface area (Å²) in [5.74, 6) is 0. The number of hydrogen-bond donors (Lipinski definition) is 0. The average molecular weight is 593 g/mol. The highest BCUT2D eigenvalue weighted by atomic mass is 32.1. The van der Waals surface area contributed by atoms with Gasteiger partial charge in [0.15, 0.2) is 0 Å². The van der Waals surface area contributed by atoms with Crippen molar-refractivity contribution in [1.29, 1.82) is 0 Å². The van der Waals surface area contributed by atoms with Crippen LogP contribution in [-0.2, 0) is 0 Å². The van der Waals surface area contributed by atoms with Gasteiger partial charge in [-0.25, -0.2) is 0 Å². The lowest BCUT2D eigenvalue weighted by molar-refractivity contribution is 1.18. The summed E-state index contributed by atoms with van der Waals surface area (Å²) in [4.78, 5) is 2.42. The topological polar surface area (TPSA) is 8.17 Å². The number of aromatic nitrogens is 1. The lowest BCUT2D eigenvalue weighted by Crippen LogP contribution is -2.10. The summed E-state index contributed by atoms with van der Waals surface area (Å²) >= 11 is 1.86. The van der Waals surface area contributed by atoms with E-state index in [9.17, 15) is 0 Å². The van der Waals surface area contributed by atoms with Crippen molar-refractivity contribution >= 4 is 70.4 Å². The van der Waals surface area contributed by atoms with E-state index >= 15 is 0 Å². The normalized spacial score (nSPS) is 11.6. The SMILES string of the molecule is c1ccc(-c2ccc(-n3c4ccccc4c4c(N(c5ccccc5)c5ccc6sc7ccccc7c6c5)cccc43)cc2)cc1. The summed E-state index contributed by atoms with van der Waals surface area (Å²) in [5, 5.41) is 5.07. The van der Waals surface area contributed by atoms with E-state index < -0.39 is 0 Å². The molecular weight excluding hydrogens is 565 g/mol. The van der Waals surface area contributed by atoms with Gasteiger partial charge < -0.3 is 9.47 Å². The molecule has 0 saturated heterocycles. The summed E-state index contributed by atoms with van der Waals surface area (Å²) in [5.41, 5.74) is 9.41. The highest BCUT2D eigenvalue weighted by Gasteiger charge is 2.21. The van der Waals surface area contributed by atoms with Crippen LogP contribution < -0.4 is 4.90 Å². The molecule has 0 aliphatic rings. The summed E-state index contributed by atoms with van der Waals surface area (Å²) in [6.07, 6.45) is 0. The number of anilines is 3. The molecule has 0 bridgehead atoms. The number of thiophene rings is 1. The van der Waals surface area contributed by atoms with Crippen molar-refractivity contribution in [2.24, 2.45) is 0 Å². The maximum atomic E-state index is 2.42. The molecule has 9 rings (SSSR count). The first-order valence-electron chi connectivity index (χ1n) is 15.3. The Kier molecular flexibility index (Phi) is 6.03. The molecule has 0 aliphatic carbocycles. The number of fused-ring (bicyclic) bond motifs is 6. The van der Waals surface area contributed by atoms with Crippen LogP contribution in [0.5, 0.6) is 0 Å². The molecule has 7 aromatic carbocycles. The number of nitrogens with zero attached hydrogens (tertiary/aromatic N) is 2. The smallest absolute Gasteiger partial charge is 0.0562 e. The molecule has 0 saturated carbocycles. The van der Waals surface area contributed by atoms with Gasteiger partial charge in [0, 0.05) is 48.0 Å². The van der Waals surface area contributed by atoms with Crippen LogP contribution in [0.1, 0.15) is 0 Å². The molecule has 0 spiro atoms. The zero-order valence-corrected chi connectivity index (χ0v) is 25.3. The van der Waals surface area contributed by atoms with Gasteiger partial charge in [0.25, 0.3) is 0 Å². The Balaban J connectivity index is 1.29. The molecule has 45 heavy (non-hydrogen) atoms. The quantitative estimate of drug-likeness (QED) is 0.193. The van der Waals surface area contributed by atoms with Gasteiger partial charge in [0.2, 0.25) is 0 Å². The monoisotopic (exact) mass is 592 g/mol. The van der Waals surface area contributed by atoms with Gasteiger partial charge in [-0.3, -0.25) is 0 Å². The summed E-state index contributed by atoms with van der Waals surface area (Å²) in [7, 11) is 0. The lowest BCUT2D eigenvalue weighted by Gasteiger charge is -2.26. The van der Waals surface area contributed by atoms with Crippen molar-refractivity contribution in [2.75, 3.05) is 4.90 Å². The molecule has 212 valence electrons. The molecule has 0 unspecified atom stereocenters. The Morgan fingerprint density at radius 3 is 1.89 bits per heavy atom. The predicted molar refractivity (Wildman–Crippen MR) is 194 cm³/mol. The van der Waals surface area contributed by atoms with Crippen molar-refractivity contribution in [3.63, 3.8) is 0 Å². The fourth-order valence-electron chi connectivity index (χ4n) is 6.76. The molecule has 0 aliphatic heterocycles. The van der Waals surface area contributed by atoms with Crippen LogP contribution in [0.3, 0.4) is 0 Å². The fourth-order valence-corrected chi connectivity index (χ4v) is 7.84. The van der Waals surface area contributed by atoms with E-state index in [0.717, 1.165) is 22.7 Å². The third-order valence-electron chi connectivity index (χ3n) is 8.78. The van der Waals surface area contributed by atoms with Gasteiger partial charge >= 0.3 is 0 Å². The van der Waals surface area contributed by atoms with Crippen LogP contribution in [0, 0.1) is 0 Å². The molecule has 0 N–H and O–H groups in total. The number of hydrogen-bond acceptors (Lipinski definition) is 2. The molecule has 0 atom stereocenters. The molecule has 3 heteroatoms. The maximum Gasteiger partial charge on any atom is 0.0562 e. The van der Waals surface area contributed by atoms with Gasteiger partial charge in [-0.1, -0.05) is 103 Å². The summed E-state index contributed by atoms with van der Waals surface area (Å²) in [6, 6.07) is 61.4. The fraction of sp³-hybridized carbons (Fsp3) is 0. The number of para-hydroxylation sites is 2. The average Bonchev–Trinajstić information content (AvgIpc) is 3.65. The van der Waals surface area contributed by atoms with E-state index in [4.69, 9.17) is 0 Å². The highest BCUT2D eigenvalue weighted by Crippen LogP contribution is 2.45. The van der Waals surface area contributed by atoms with Gasteiger partial charge in [-0.2, -0.15) is 0 Å². The van der Waals surface area contributed by atoms with Gasteiger partial charge in [-0.15, -0.1) is 11.3 Å². The van der Waals surface area contributed by atoms with Crippen molar-refractivity contribution in [1.82, 2.24) is 4.57 Å². The van der Waals surface area contributed by atoms with Crippen LogP contribution in [0.25, 0.3) is 58.8 Å². The van der Waals surface area contributed by atoms with E-state index in [2.05, 4.69) is 179 Å². The van der Waals surface area contributed by atoms with Crippen molar-refractivity contribution in [3.05, 3.63) is 170 Å². The Morgan fingerprint density at radius 2 is 1.07 bits per heavy atom. The third kappa shape index (κ3) is 4.24. The Labute approximate surface area is 265 Å². The molecule has 2 nitrogen and oxygen atoms in total. The minimum absolute atomic E-state index is 1.13. The molecule has 0 fully saturated rings. The second-order valence-electron chi connectivity index (χ2n) is 11.4. The minimum Gasteiger partial charge on any atom is -0.310 e. The van der Waals surface area contributed by atoms with E-state index in [1.54, 1.807) is 0 Å². The summed E-state index contributed by atoms with van der Waals surface area (Å²) in [6.45, 7) is 0. The summed E-state index contributed by atoms with van der Waals surface area (Å²) < 4.78 is 5.03. The molecule has 2 aromatic heterocycles. The first-order chi connectivity index (χ1) is 22.3. The number of rotatable bonds is 5. The highest BCUT2D eigenvalue weighted by molar-refractivity contribution is 7.25. The van der Waals surface area contributed by atoms with Crippen LogP contribution in [0.2, 0.25) is 0 Å². The van der Waals surface area contributed by atoms with Crippen LogP contribution in [0.15, 0.2) is 170 Å². The van der Waals surface area contributed by atoms with Crippen molar-refractivity contribution in [3.8, 4) is 16.8 Å². The second-order valence-corrected chi connectivity index (χ2v) is 12.5. The maximum absolute atomic E-state index is 2.42. The first-order valence-corrected chi connectivity index (χ1v) is 16.1. The zero-order chi connectivity index (χ0) is 29.7. The molecule has 2 heterocycles. The van der Waals surface area contributed by atoms with Gasteiger partial charge in [0.1, 0.15) is 0 Å². The standard InChI is InChI=1S/C42H28N2S/c1-3-12-29(13-4-1)30-22-24-32(25-23-30)44-37-18-9-7-17-35(37)42-38(19-11-20-39(42)44)43(31-14-5-2-6-15-31)33-26-27-41-36(28-33)34-16-8-10-21-40(34)45-41/h1-28H. The predicted octanol–water partition coefficient (Wildman–Crippen LogP) is 12.3. The van der Waals surface area contributed by atoms with E-state index in [-0.39, 0.29) is 0 Å². The van der Waals surface area contributed by atoms with Crippen LogP contribution in [-0.4, -0.2) is 4.57 Å². The molecule has 0 amide bonds. The number of benzene rings is 7. The van der Waals surface area contributed by atoms with Crippen molar-refractivity contribution < 1.29 is 0 Å². The zero-order valence-electron chi connectivity index (χ0n) is 24.5. The van der Waals surface area contributed by atoms with Gasteiger partial charge in [0.05, 0.1) is 16.7 Å². The first kappa shape index (κ1) is 25.8. The van der Waals surface area contributed by atoms with Crippen LogP contribution in [0.4, 0.5) is 17.1 Å². The van der Waals surface area contributed by atoms with Crippen LogP contribution >= 0.6 is 11.3 Å². The lowest BCUT2D eigenvalue weighted by atomic mass is 10.1. The Bertz CT molecular complexity index is 2470. The largest absolute Gasteiger partial charge is 0.310 e. The molecule has 0 radical (unpaired) electrons. The second kappa shape index (κ2) is 10.5. The molecular formula is C42H28N2S. The molecule has 9 aromatic rings. The Morgan fingerprint density at radius 1 is 0.422 bits per heavy atom. The van der Waals surface area contributed by atoms with E-state index in [1.165, 1.54) is 53.1 Å². The van der Waals surface area contributed by atoms with E-state index in [0.29, 0.717) is 0 Å². The van der Waals surface area contributed by atoms with E-state index in [1.807, 2.05) is 11.3 Å². The van der Waals surface area contributed by atoms with Gasteiger partial charge in [-0.05, 0) is 77.9 Å².